The third-order valence-electron chi connectivity index (χ3n) is 4.63. The van der Waals surface area contributed by atoms with E-state index in [2.05, 4.69) is 42.8 Å². The van der Waals surface area contributed by atoms with E-state index >= 15 is 0 Å². The molecule has 1 heterocycles. The number of nitrogens with one attached hydrogen (secondary N) is 2. The van der Waals surface area contributed by atoms with E-state index < -0.39 is 0 Å². The predicted octanol–water partition coefficient (Wildman–Crippen LogP) is 7.38. The molecule has 4 nitrogen and oxygen atoms in total. The molecule has 5 heteroatoms. The maximum Gasteiger partial charge on any atom is 0.251 e. The Labute approximate surface area is 205 Å². The van der Waals surface area contributed by atoms with Gasteiger partial charge in [0.1, 0.15) is 0 Å². The molecule has 180 valence electrons. The van der Waals surface area contributed by atoms with Gasteiger partial charge in [-0.2, -0.15) is 0 Å². The van der Waals surface area contributed by atoms with Crippen molar-refractivity contribution >= 4 is 23.4 Å². The van der Waals surface area contributed by atoms with Gasteiger partial charge in [-0.3, -0.25) is 9.78 Å². The van der Waals surface area contributed by atoms with Crippen molar-refractivity contribution in [3.63, 3.8) is 0 Å². The molecule has 2 rings (SSSR count). The highest BCUT2D eigenvalue weighted by atomic mass is 32.2. The molecule has 0 saturated heterocycles. The van der Waals surface area contributed by atoms with E-state index in [-0.39, 0.29) is 11.8 Å². The Bertz CT molecular complexity index is 891. The first-order valence-corrected chi connectivity index (χ1v) is 12.5. The zero-order valence-electron chi connectivity index (χ0n) is 21.4. The van der Waals surface area contributed by atoms with Gasteiger partial charge in [-0.15, -0.1) is 11.8 Å². The molecule has 0 radical (unpaired) electrons. The fourth-order valence-corrected chi connectivity index (χ4v) is 3.24. The zero-order valence-corrected chi connectivity index (χ0v) is 22.2. The summed E-state index contributed by atoms with van der Waals surface area (Å²) >= 11 is 1.55. The standard InChI is InChI=1S/C24H29N3OS.2C2H6/c1-6-29-16-17(2)12-13-26-24(28)21-14-22(27-23(15-21)19(4)25-5)18(3)20-10-8-7-9-11-20;2*1-2/h6-11,14-16,18,25H,1,4,12-13H2,2-3,5H3,(H,26,28);2*1-2H3/b17-16+;;. The fraction of sp³-hybridized carbons (Fsp3) is 0.357. The summed E-state index contributed by atoms with van der Waals surface area (Å²) < 4.78 is 0. The Morgan fingerprint density at radius 1 is 1.15 bits per heavy atom. The van der Waals surface area contributed by atoms with Crippen LogP contribution in [0.4, 0.5) is 0 Å². The van der Waals surface area contributed by atoms with Crippen molar-refractivity contribution in [2.45, 2.75) is 53.9 Å². The van der Waals surface area contributed by atoms with Gasteiger partial charge < -0.3 is 10.6 Å². The average molecular weight is 468 g/mol. The maximum atomic E-state index is 12.8. The van der Waals surface area contributed by atoms with Crippen LogP contribution in [0.1, 0.15) is 81.2 Å². The highest BCUT2D eigenvalue weighted by Gasteiger charge is 2.16. The molecule has 33 heavy (non-hydrogen) atoms. The molecule has 1 atom stereocenters. The van der Waals surface area contributed by atoms with E-state index in [1.54, 1.807) is 30.3 Å². The number of hydrogen-bond acceptors (Lipinski definition) is 4. The van der Waals surface area contributed by atoms with Crippen molar-refractivity contribution in [2.75, 3.05) is 13.6 Å². The van der Waals surface area contributed by atoms with Gasteiger partial charge in [-0.1, -0.05) is 83.7 Å². The molecule has 0 aliphatic rings. The van der Waals surface area contributed by atoms with Crippen LogP contribution in [0, 0.1) is 0 Å². The lowest BCUT2D eigenvalue weighted by atomic mass is 9.95. The first kappa shape index (κ1) is 30.2. The normalized spacial score (nSPS) is 11.1. The van der Waals surface area contributed by atoms with E-state index in [1.807, 2.05) is 64.3 Å². The number of rotatable bonds is 10. The Balaban J connectivity index is 0.00000242. The van der Waals surface area contributed by atoms with Crippen molar-refractivity contribution in [1.82, 2.24) is 15.6 Å². The van der Waals surface area contributed by atoms with Crippen LogP contribution in [0.2, 0.25) is 0 Å². The molecule has 0 fully saturated rings. The number of benzene rings is 1. The van der Waals surface area contributed by atoms with Crippen LogP contribution in [-0.4, -0.2) is 24.5 Å². The topological polar surface area (TPSA) is 54.0 Å². The molecule has 1 unspecified atom stereocenters. The maximum absolute atomic E-state index is 12.8. The lowest BCUT2D eigenvalue weighted by Gasteiger charge is -2.16. The van der Waals surface area contributed by atoms with Crippen molar-refractivity contribution in [1.29, 1.82) is 0 Å². The van der Waals surface area contributed by atoms with Gasteiger partial charge in [0, 0.05) is 30.8 Å². The zero-order chi connectivity index (χ0) is 25.2. The molecule has 1 amide bonds. The van der Waals surface area contributed by atoms with Gasteiger partial charge in [-0.05, 0) is 41.9 Å². The minimum absolute atomic E-state index is 0.0634. The van der Waals surface area contributed by atoms with Crippen molar-refractivity contribution in [2.24, 2.45) is 0 Å². The first-order chi connectivity index (χ1) is 16.0. The minimum atomic E-state index is -0.108. The summed E-state index contributed by atoms with van der Waals surface area (Å²) in [5, 5.41) is 9.85. The van der Waals surface area contributed by atoms with E-state index in [9.17, 15) is 4.79 Å². The second kappa shape index (κ2) is 17.7. The SMILES string of the molecule is C=CS/C=C(\C)CCNC(=O)c1cc(C(=C)NC)nc(C(C)c2ccccc2)c1.CC.CC. The Hall–Kier alpha value is -2.79. The summed E-state index contributed by atoms with van der Waals surface area (Å²) in [5.74, 6) is -0.0447. The largest absolute Gasteiger partial charge is 0.387 e. The predicted molar refractivity (Wildman–Crippen MR) is 147 cm³/mol. The summed E-state index contributed by atoms with van der Waals surface area (Å²) in [6, 6.07) is 13.8. The smallest absolute Gasteiger partial charge is 0.251 e. The molecule has 1 aromatic heterocycles. The average Bonchev–Trinajstić information content (AvgIpc) is 2.88. The Kier molecular flexibility index (Phi) is 16.2. The van der Waals surface area contributed by atoms with Crippen molar-refractivity contribution in [3.05, 3.63) is 94.5 Å². The van der Waals surface area contributed by atoms with Gasteiger partial charge in [0.25, 0.3) is 5.91 Å². The van der Waals surface area contributed by atoms with Crippen LogP contribution < -0.4 is 10.6 Å². The number of thioether (sulfide) groups is 1. The molecule has 0 spiro atoms. The van der Waals surface area contributed by atoms with Crippen LogP contribution in [0.25, 0.3) is 5.70 Å². The summed E-state index contributed by atoms with van der Waals surface area (Å²) in [7, 11) is 1.80. The second-order valence-corrected chi connectivity index (χ2v) is 7.64. The quantitative estimate of drug-likeness (QED) is 0.383. The number of hydrogen-bond donors (Lipinski definition) is 2. The lowest BCUT2D eigenvalue weighted by Crippen LogP contribution is -2.25. The molecule has 0 aliphatic heterocycles. The fourth-order valence-electron chi connectivity index (χ4n) is 2.80. The van der Waals surface area contributed by atoms with Gasteiger partial charge in [0.05, 0.1) is 11.4 Å². The molecule has 0 aliphatic carbocycles. The molecule has 1 aromatic carbocycles. The number of carbonyl (C=O) groups excluding carboxylic acids is 1. The number of carbonyl (C=O) groups is 1. The molecule has 0 bridgehead atoms. The summed E-state index contributed by atoms with van der Waals surface area (Å²) in [6.07, 6.45) is 0.793. The van der Waals surface area contributed by atoms with Gasteiger partial charge in [-0.25, -0.2) is 0 Å². The van der Waals surface area contributed by atoms with Crippen LogP contribution >= 0.6 is 11.8 Å². The van der Waals surface area contributed by atoms with E-state index in [4.69, 9.17) is 4.98 Å². The number of pyridine rings is 1. The van der Waals surface area contributed by atoms with E-state index in [0.29, 0.717) is 23.5 Å². The highest BCUT2D eigenvalue weighted by Crippen LogP contribution is 2.25. The van der Waals surface area contributed by atoms with E-state index in [1.165, 1.54) is 5.57 Å². The molecular weight excluding hydrogens is 426 g/mol. The Morgan fingerprint density at radius 3 is 2.36 bits per heavy atom. The minimum Gasteiger partial charge on any atom is -0.387 e. The van der Waals surface area contributed by atoms with Crippen LogP contribution in [0.15, 0.2) is 72.0 Å². The number of aromatic nitrogens is 1. The summed E-state index contributed by atoms with van der Waals surface area (Å²) in [4.78, 5) is 17.5. The Morgan fingerprint density at radius 2 is 1.79 bits per heavy atom. The first-order valence-electron chi connectivity index (χ1n) is 11.6. The lowest BCUT2D eigenvalue weighted by molar-refractivity contribution is 0.0954. The van der Waals surface area contributed by atoms with Crippen LogP contribution in [0.3, 0.4) is 0 Å². The third kappa shape index (κ3) is 10.6. The van der Waals surface area contributed by atoms with Crippen LogP contribution in [-0.2, 0) is 0 Å². The number of nitrogens with zero attached hydrogens (tertiary/aromatic N) is 1. The molecular formula is C28H41N3OS. The molecule has 2 aromatic rings. The summed E-state index contributed by atoms with van der Waals surface area (Å²) in [6.45, 7) is 20.4. The molecule has 2 N–H and O–H groups in total. The molecule has 0 saturated carbocycles. The van der Waals surface area contributed by atoms with Crippen molar-refractivity contribution in [3.8, 4) is 0 Å². The van der Waals surface area contributed by atoms with Crippen molar-refractivity contribution < 1.29 is 4.79 Å². The van der Waals surface area contributed by atoms with Crippen LogP contribution in [0.5, 0.6) is 0 Å². The highest BCUT2D eigenvalue weighted by molar-refractivity contribution is 8.04. The monoisotopic (exact) mass is 467 g/mol. The second-order valence-electron chi connectivity index (χ2n) is 6.80. The summed E-state index contributed by atoms with van der Waals surface area (Å²) in [5.41, 5.74) is 5.14. The number of amides is 1. The van der Waals surface area contributed by atoms with Gasteiger partial charge >= 0.3 is 0 Å². The van der Waals surface area contributed by atoms with Gasteiger partial charge in [0.2, 0.25) is 0 Å². The van der Waals surface area contributed by atoms with E-state index in [0.717, 1.165) is 17.7 Å². The third-order valence-corrected chi connectivity index (χ3v) is 5.36. The van der Waals surface area contributed by atoms with Gasteiger partial charge in [0.15, 0.2) is 0 Å².